The molecular weight excluding hydrogens is 354 g/mol. The Kier molecular flexibility index (Phi) is 5.51. The quantitative estimate of drug-likeness (QED) is 0.692. The van der Waals surface area contributed by atoms with Gasteiger partial charge in [0.25, 0.3) is 0 Å². The van der Waals surface area contributed by atoms with Gasteiger partial charge in [-0.3, -0.25) is 4.98 Å². The molecule has 0 bridgehead atoms. The molecule has 0 spiro atoms. The first-order valence-corrected chi connectivity index (χ1v) is 9.46. The molecule has 0 unspecified atom stereocenters. The lowest BCUT2D eigenvalue weighted by Gasteiger charge is -2.35. The summed E-state index contributed by atoms with van der Waals surface area (Å²) in [7, 11) is 0. The van der Waals surface area contributed by atoms with E-state index in [9.17, 15) is 4.79 Å². The molecule has 1 fully saturated rings. The summed E-state index contributed by atoms with van der Waals surface area (Å²) in [4.78, 5) is 25.1. The first-order chi connectivity index (χ1) is 13.8. The van der Waals surface area contributed by atoms with Crippen molar-refractivity contribution in [3.05, 3.63) is 60.9 Å². The standard InChI is InChI=1S/C21H23N5O2/c27-21(26-14-12-25(13-15-26)19-8-1-2-9-22-19)24-11-16-28-18-7-3-5-17-6-4-10-23-20(17)18/h1-10H,11-16H2,(H,24,27). The number of para-hydroxylation sites is 1. The zero-order valence-electron chi connectivity index (χ0n) is 15.6. The van der Waals surface area contributed by atoms with Crippen molar-refractivity contribution in [2.75, 3.05) is 44.2 Å². The second-order valence-electron chi connectivity index (χ2n) is 6.57. The number of hydrogen-bond donors (Lipinski definition) is 1. The van der Waals surface area contributed by atoms with Crippen molar-refractivity contribution in [2.45, 2.75) is 0 Å². The number of carbonyl (C=O) groups is 1. The SMILES string of the molecule is O=C(NCCOc1cccc2cccnc12)N1CCN(c2ccccn2)CC1. The summed E-state index contributed by atoms with van der Waals surface area (Å²) < 4.78 is 5.82. The van der Waals surface area contributed by atoms with E-state index in [2.05, 4.69) is 20.2 Å². The van der Waals surface area contributed by atoms with Crippen LogP contribution in [0.1, 0.15) is 0 Å². The third kappa shape index (κ3) is 4.14. The summed E-state index contributed by atoms with van der Waals surface area (Å²) in [6.07, 6.45) is 3.54. The molecule has 144 valence electrons. The third-order valence-electron chi connectivity index (χ3n) is 4.77. The van der Waals surface area contributed by atoms with Gasteiger partial charge in [-0.1, -0.05) is 24.3 Å². The van der Waals surface area contributed by atoms with E-state index in [1.54, 1.807) is 12.4 Å². The van der Waals surface area contributed by atoms with Gasteiger partial charge >= 0.3 is 6.03 Å². The average molecular weight is 377 g/mol. The van der Waals surface area contributed by atoms with E-state index >= 15 is 0 Å². The maximum Gasteiger partial charge on any atom is 0.317 e. The van der Waals surface area contributed by atoms with Gasteiger partial charge in [0.2, 0.25) is 0 Å². The van der Waals surface area contributed by atoms with Gasteiger partial charge in [0.15, 0.2) is 0 Å². The van der Waals surface area contributed by atoms with Crippen LogP contribution in [0.15, 0.2) is 60.9 Å². The van der Waals surface area contributed by atoms with Crippen LogP contribution in [0.3, 0.4) is 0 Å². The summed E-state index contributed by atoms with van der Waals surface area (Å²) in [5.41, 5.74) is 0.835. The highest BCUT2D eigenvalue weighted by atomic mass is 16.5. The Morgan fingerprint density at radius 3 is 2.61 bits per heavy atom. The van der Waals surface area contributed by atoms with Crippen LogP contribution in [-0.4, -0.2) is 60.2 Å². The van der Waals surface area contributed by atoms with Crippen molar-refractivity contribution >= 4 is 22.8 Å². The van der Waals surface area contributed by atoms with Crippen molar-refractivity contribution < 1.29 is 9.53 Å². The minimum Gasteiger partial charge on any atom is -0.489 e. The summed E-state index contributed by atoms with van der Waals surface area (Å²) >= 11 is 0. The average Bonchev–Trinajstić information content (AvgIpc) is 2.77. The molecule has 1 saturated heterocycles. The number of pyridine rings is 2. The molecule has 28 heavy (non-hydrogen) atoms. The molecule has 2 amide bonds. The monoisotopic (exact) mass is 377 g/mol. The van der Waals surface area contributed by atoms with Crippen LogP contribution in [0.5, 0.6) is 5.75 Å². The lowest BCUT2D eigenvalue weighted by atomic mass is 10.2. The minimum absolute atomic E-state index is 0.0553. The van der Waals surface area contributed by atoms with E-state index in [0.717, 1.165) is 35.6 Å². The lowest BCUT2D eigenvalue weighted by Crippen LogP contribution is -2.52. The summed E-state index contributed by atoms with van der Waals surface area (Å²) in [6.45, 7) is 3.76. The molecule has 3 aromatic rings. The van der Waals surface area contributed by atoms with Crippen molar-refractivity contribution in [3.8, 4) is 5.75 Å². The predicted octanol–water partition coefficient (Wildman–Crippen LogP) is 2.54. The molecule has 0 atom stereocenters. The summed E-state index contributed by atoms with van der Waals surface area (Å²) in [5, 5.41) is 3.97. The molecule has 1 aliphatic heterocycles. The highest BCUT2D eigenvalue weighted by Gasteiger charge is 2.21. The molecular formula is C21H23N5O2. The zero-order valence-corrected chi connectivity index (χ0v) is 15.6. The van der Waals surface area contributed by atoms with Crippen molar-refractivity contribution in [1.82, 2.24) is 20.2 Å². The molecule has 1 aliphatic rings. The van der Waals surface area contributed by atoms with E-state index in [0.29, 0.717) is 26.2 Å². The molecule has 0 aliphatic carbocycles. The normalized spacial score (nSPS) is 14.1. The number of carbonyl (C=O) groups excluding carboxylic acids is 1. The maximum absolute atomic E-state index is 12.4. The van der Waals surface area contributed by atoms with E-state index in [1.165, 1.54) is 0 Å². The van der Waals surface area contributed by atoms with Crippen LogP contribution in [0.25, 0.3) is 10.9 Å². The number of aromatic nitrogens is 2. The molecule has 1 N–H and O–H groups in total. The second-order valence-corrected chi connectivity index (χ2v) is 6.57. The van der Waals surface area contributed by atoms with E-state index < -0.39 is 0 Å². The molecule has 4 rings (SSSR count). The number of anilines is 1. The molecule has 3 heterocycles. The van der Waals surface area contributed by atoms with Crippen LogP contribution in [0, 0.1) is 0 Å². The number of piperazine rings is 1. The van der Waals surface area contributed by atoms with Gasteiger partial charge in [-0.2, -0.15) is 0 Å². The van der Waals surface area contributed by atoms with Gasteiger partial charge in [-0.25, -0.2) is 9.78 Å². The van der Waals surface area contributed by atoms with Gasteiger partial charge in [0.05, 0.1) is 6.54 Å². The van der Waals surface area contributed by atoms with Gasteiger partial charge in [-0.15, -0.1) is 0 Å². The number of rotatable bonds is 5. The first-order valence-electron chi connectivity index (χ1n) is 9.46. The van der Waals surface area contributed by atoms with Crippen molar-refractivity contribution in [3.63, 3.8) is 0 Å². The highest BCUT2D eigenvalue weighted by Crippen LogP contribution is 2.22. The maximum atomic E-state index is 12.4. The fraction of sp³-hybridized carbons (Fsp3) is 0.286. The molecule has 0 saturated carbocycles. The lowest BCUT2D eigenvalue weighted by molar-refractivity contribution is 0.191. The van der Waals surface area contributed by atoms with Crippen LogP contribution in [0.4, 0.5) is 10.6 Å². The van der Waals surface area contributed by atoms with Gasteiger partial charge in [0, 0.05) is 44.0 Å². The van der Waals surface area contributed by atoms with Crippen molar-refractivity contribution in [1.29, 1.82) is 0 Å². The van der Waals surface area contributed by atoms with Crippen LogP contribution < -0.4 is 15.0 Å². The Morgan fingerprint density at radius 2 is 1.79 bits per heavy atom. The van der Waals surface area contributed by atoms with Crippen LogP contribution >= 0.6 is 0 Å². The summed E-state index contributed by atoms with van der Waals surface area (Å²) in [6, 6.07) is 15.6. The molecule has 7 nitrogen and oxygen atoms in total. The zero-order chi connectivity index (χ0) is 19.2. The predicted molar refractivity (Wildman–Crippen MR) is 109 cm³/mol. The summed E-state index contributed by atoms with van der Waals surface area (Å²) in [5.74, 6) is 1.69. The second kappa shape index (κ2) is 8.56. The molecule has 1 aromatic carbocycles. The third-order valence-corrected chi connectivity index (χ3v) is 4.77. The number of urea groups is 1. The minimum atomic E-state index is -0.0553. The largest absolute Gasteiger partial charge is 0.489 e. The Hall–Kier alpha value is -3.35. The number of ether oxygens (including phenoxy) is 1. The van der Waals surface area contributed by atoms with E-state index in [4.69, 9.17) is 4.74 Å². The fourth-order valence-electron chi connectivity index (χ4n) is 3.30. The number of nitrogens with zero attached hydrogens (tertiary/aromatic N) is 4. The number of hydrogen-bond acceptors (Lipinski definition) is 5. The van der Waals surface area contributed by atoms with E-state index in [1.807, 2.05) is 53.4 Å². The molecule has 0 radical (unpaired) electrons. The Balaban J connectivity index is 1.22. The van der Waals surface area contributed by atoms with Gasteiger partial charge < -0.3 is 19.9 Å². The number of fused-ring (bicyclic) bond motifs is 1. The van der Waals surface area contributed by atoms with Crippen molar-refractivity contribution in [2.24, 2.45) is 0 Å². The van der Waals surface area contributed by atoms with Gasteiger partial charge in [0.1, 0.15) is 23.7 Å². The van der Waals surface area contributed by atoms with E-state index in [-0.39, 0.29) is 6.03 Å². The molecule has 7 heteroatoms. The Morgan fingerprint density at radius 1 is 0.964 bits per heavy atom. The fourth-order valence-corrected chi connectivity index (χ4v) is 3.30. The Bertz CT molecular complexity index is 921. The highest BCUT2D eigenvalue weighted by molar-refractivity contribution is 5.84. The number of nitrogens with one attached hydrogen (secondary N) is 1. The van der Waals surface area contributed by atoms with Crippen LogP contribution in [0.2, 0.25) is 0 Å². The topological polar surface area (TPSA) is 70.6 Å². The number of amides is 2. The Labute approximate surface area is 164 Å². The van der Waals surface area contributed by atoms with Crippen LogP contribution in [-0.2, 0) is 0 Å². The smallest absolute Gasteiger partial charge is 0.317 e. The molecule has 2 aromatic heterocycles. The first kappa shape index (κ1) is 18.0. The van der Waals surface area contributed by atoms with Gasteiger partial charge in [-0.05, 0) is 24.3 Å². The number of benzene rings is 1.